The molecule has 1 aliphatic rings. The molecule has 1 heterocycles. The van der Waals surface area contributed by atoms with Gasteiger partial charge in [0.15, 0.2) is 5.11 Å². The van der Waals surface area contributed by atoms with Gasteiger partial charge in [0.05, 0.1) is 0 Å². The molecule has 0 saturated carbocycles. The van der Waals surface area contributed by atoms with Crippen molar-refractivity contribution in [2.45, 2.75) is 25.8 Å². The molecule has 1 aliphatic heterocycles. The zero-order valence-corrected chi connectivity index (χ0v) is 12.1. The van der Waals surface area contributed by atoms with E-state index >= 15 is 0 Å². The number of nitrogens with zero attached hydrogens (tertiary/aromatic N) is 2. The van der Waals surface area contributed by atoms with Gasteiger partial charge in [0, 0.05) is 39.4 Å². The van der Waals surface area contributed by atoms with Crippen molar-refractivity contribution in [3.8, 4) is 0 Å². The van der Waals surface area contributed by atoms with Crippen LogP contribution in [-0.4, -0.2) is 67.9 Å². The first-order valence-corrected chi connectivity index (χ1v) is 6.78. The van der Waals surface area contributed by atoms with E-state index in [2.05, 4.69) is 29.1 Å². The first-order chi connectivity index (χ1) is 8.15. The molecule has 5 heteroatoms. The number of nitrogens with one attached hydrogen (secondary N) is 1. The molecule has 1 atom stereocenters. The molecule has 0 spiro atoms. The second kappa shape index (κ2) is 7.84. The van der Waals surface area contributed by atoms with Crippen molar-refractivity contribution in [2.24, 2.45) is 0 Å². The Balaban J connectivity index is 2.33. The standard InChI is InChI=1S/C12H25N3OS/c1-11-10-14(2)7-5-8-15(11)12(17)13-6-4-9-16-3/h11H,4-10H2,1-3H3,(H,13,17). The van der Waals surface area contributed by atoms with Crippen molar-refractivity contribution in [1.29, 1.82) is 0 Å². The highest BCUT2D eigenvalue weighted by Crippen LogP contribution is 2.08. The Morgan fingerprint density at radius 2 is 2.24 bits per heavy atom. The number of hydrogen-bond donors (Lipinski definition) is 1. The minimum atomic E-state index is 0.491. The molecule has 1 unspecified atom stereocenters. The lowest BCUT2D eigenvalue weighted by molar-refractivity contribution is 0.195. The van der Waals surface area contributed by atoms with E-state index < -0.39 is 0 Å². The molecule has 0 bridgehead atoms. The first kappa shape index (κ1) is 14.7. The van der Waals surface area contributed by atoms with Gasteiger partial charge < -0.3 is 19.9 Å². The number of likely N-dealkylation sites (N-methyl/N-ethyl adjacent to an activating group) is 1. The molecular formula is C12H25N3OS. The van der Waals surface area contributed by atoms with Crippen LogP contribution in [0.25, 0.3) is 0 Å². The summed E-state index contributed by atoms with van der Waals surface area (Å²) in [5.74, 6) is 0. The average Bonchev–Trinajstić information content (AvgIpc) is 2.45. The topological polar surface area (TPSA) is 27.7 Å². The molecule has 0 aliphatic carbocycles. The highest BCUT2D eigenvalue weighted by Gasteiger charge is 2.21. The maximum absolute atomic E-state index is 5.45. The van der Waals surface area contributed by atoms with Gasteiger partial charge in [-0.2, -0.15) is 0 Å². The Kier molecular flexibility index (Phi) is 6.77. The Bertz CT molecular complexity index is 238. The maximum atomic E-state index is 5.45. The summed E-state index contributed by atoms with van der Waals surface area (Å²) in [6.45, 7) is 7.22. The van der Waals surface area contributed by atoms with E-state index in [-0.39, 0.29) is 0 Å². The van der Waals surface area contributed by atoms with E-state index in [1.165, 1.54) is 6.42 Å². The maximum Gasteiger partial charge on any atom is 0.169 e. The van der Waals surface area contributed by atoms with Crippen molar-refractivity contribution < 1.29 is 4.74 Å². The van der Waals surface area contributed by atoms with E-state index in [0.29, 0.717) is 6.04 Å². The quantitative estimate of drug-likeness (QED) is 0.599. The molecule has 1 N–H and O–H groups in total. The molecule has 17 heavy (non-hydrogen) atoms. The van der Waals surface area contributed by atoms with E-state index in [9.17, 15) is 0 Å². The van der Waals surface area contributed by atoms with Gasteiger partial charge in [-0.15, -0.1) is 0 Å². The number of hydrogen-bond acceptors (Lipinski definition) is 3. The summed E-state index contributed by atoms with van der Waals surface area (Å²) < 4.78 is 5.02. The highest BCUT2D eigenvalue weighted by atomic mass is 32.1. The number of methoxy groups -OCH3 is 1. The molecule has 0 aromatic carbocycles. The van der Waals surface area contributed by atoms with Crippen LogP contribution in [0.2, 0.25) is 0 Å². The lowest BCUT2D eigenvalue weighted by Gasteiger charge is -2.30. The minimum Gasteiger partial charge on any atom is -0.385 e. The summed E-state index contributed by atoms with van der Waals surface area (Å²) in [7, 11) is 3.90. The van der Waals surface area contributed by atoms with Gasteiger partial charge in [-0.3, -0.25) is 0 Å². The second-order valence-electron chi connectivity index (χ2n) is 4.74. The molecule has 1 fully saturated rings. The molecule has 0 aromatic heterocycles. The molecule has 0 aromatic rings. The van der Waals surface area contributed by atoms with Gasteiger partial charge >= 0.3 is 0 Å². The summed E-state index contributed by atoms with van der Waals surface area (Å²) in [5, 5.41) is 4.21. The Labute approximate surface area is 110 Å². The minimum absolute atomic E-state index is 0.491. The molecule has 4 nitrogen and oxygen atoms in total. The Morgan fingerprint density at radius 3 is 2.94 bits per heavy atom. The van der Waals surface area contributed by atoms with Crippen molar-refractivity contribution >= 4 is 17.3 Å². The normalized spacial score (nSPS) is 22.3. The zero-order chi connectivity index (χ0) is 12.7. The number of ether oxygens (including phenoxy) is 1. The largest absolute Gasteiger partial charge is 0.385 e. The fourth-order valence-corrected chi connectivity index (χ4v) is 2.56. The van der Waals surface area contributed by atoms with Crippen LogP contribution in [0.5, 0.6) is 0 Å². The average molecular weight is 259 g/mol. The molecule has 1 rings (SSSR count). The van der Waals surface area contributed by atoms with Crippen LogP contribution in [0.3, 0.4) is 0 Å². The molecular weight excluding hydrogens is 234 g/mol. The summed E-state index contributed by atoms with van der Waals surface area (Å²) >= 11 is 5.45. The molecule has 100 valence electrons. The summed E-state index contributed by atoms with van der Waals surface area (Å²) in [6.07, 6.45) is 2.18. The van der Waals surface area contributed by atoms with Crippen LogP contribution in [0.1, 0.15) is 19.8 Å². The Hall–Kier alpha value is -0.390. The van der Waals surface area contributed by atoms with E-state index in [4.69, 9.17) is 17.0 Å². The monoisotopic (exact) mass is 259 g/mol. The Morgan fingerprint density at radius 1 is 1.47 bits per heavy atom. The lowest BCUT2D eigenvalue weighted by Crippen LogP contribution is -2.47. The van der Waals surface area contributed by atoms with Crippen LogP contribution in [0, 0.1) is 0 Å². The van der Waals surface area contributed by atoms with Gasteiger partial charge in [-0.05, 0) is 45.6 Å². The summed E-state index contributed by atoms with van der Waals surface area (Å²) in [6, 6.07) is 0.491. The highest BCUT2D eigenvalue weighted by molar-refractivity contribution is 7.80. The third-order valence-corrected chi connectivity index (χ3v) is 3.49. The van der Waals surface area contributed by atoms with Crippen molar-refractivity contribution in [2.75, 3.05) is 46.9 Å². The second-order valence-corrected chi connectivity index (χ2v) is 5.12. The first-order valence-electron chi connectivity index (χ1n) is 6.37. The van der Waals surface area contributed by atoms with E-state index in [1.54, 1.807) is 7.11 Å². The van der Waals surface area contributed by atoms with Crippen molar-refractivity contribution in [1.82, 2.24) is 15.1 Å². The van der Waals surface area contributed by atoms with Gasteiger partial charge in [0.1, 0.15) is 0 Å². The van der Waals surface area contributed by atoms with Crippen LogP contribution < -0.4 is 5.32 Å². The fraction of sp³-hybridized carbons (Fsp3) is 0.917. The lowest BCUT2D eigenvalue weighted by atomic mass is 10.3. The van der Waals surface area contributed by atoms with E-state index in [1.807, 2.05) is 0 Å². The fourth-order valence-electron chi connectivity index (χ4n) is 2.19. The molecule has 1 saturated heterocycles. The van der Waals surface area contributed by atoms with Gasteiger partial charge in [-0.25, -0.2) is 0 Å². The van der Waals surface area contributed by atoms with Gasteiger partial charge in [-0.1, -0.05) is 0 Å². The van der Waals surface area contributed by atoms with E-state index in [0.717, 1.165) is 44.3 Å². The van der Waals surface area contributed by atoms with Gasteiger partial charge in [0.25, 0.3) is 0 Å². The number of rotatable bonds is 4. The van der Waals surface area contributed by atoms with Gasteiger partial charge in [0.2, 0.25) is 0 Å². The predicted molar refractivity (Wildman–Crippen MR) is 75.4 cm³/mol. The molecule has 0 radical (unpaired) electrons. The summed E-state index contributed by atoms with van der Waals surface area (Å²) in [4.78, 5) is 4.68. The van der Waals surface area contributed by atoms with Crippen molar-refractivity contribution in [3.63, 3.8) is 0 Å². The molecule has 0 amide bonds. The SMILES string of the molecule is COCCCNC(=S)N1CCCN(C)CC1C. The third-order valence-electron chi connectivity index (χ3n) is 3.11. The predicted octanol–water partition coefficient (Wildman–Crippen LogP) is 0.923. The summed E-state index contributed by atoms with van der Waals surface area (Å²) in [5.41, 5.74) is 0. The third kappa shape index (κ3) is 5.19. The number of thiocarbonyl (C=S) groups is 1. The smallest absolute Gasteiger partial charge is 0.169 e. The zero-order valence-electron chi connectivity index (χ0n) is 11.2. The van der Waals surface area contributed by atoms with Crippen molar-refractivity contribution in [3.05, 3.63) is 0 Å². The van der Waals surface area contributed by atoms with Crippen LogP contribution in [0.15, 0.2) is 0 Å². The van der Waals surface area contributed by atoms with Crippen LogP contribution in [-0.2, 0) is 4.74 Å². The van der Waals surface area contributed by atoms with Crippen LogP contribution in [0.4, 0.5) is 0 Å². The van der Waals surface area contributed by atoms with Crippen LogP contribution >= 0.6 is 12.2 Å².